The Labute approximate surface area is 164 Å². The lowest BCUT2D eigenvalue weighted by Crippen LogP contribution is -2.16. The molecule has 2 heterocycles. The van der Waals surface area contributed by atoms with Gasteiger partial charge in [0.25, 0.3) is 10.0 Å². The van der Waals surface area contributed by atoms with E-state index in [0.29, 0.717) is 5.56 Å². The summed E-state index contributed by atoms with van der Waals surface area (Å²) in [5, 5.41) is 0.281. The quantitative estimate of drug-likeness (QED) is 0.667. The van der Waals surface area contributed by atoms with E-state index in [-0.39, 0.29) is 25.2 Å². The first-order valence-electron chi connectivity index (χ1n) is 7.62. The van der Waals surface area contributed by atoms with Crippen LogP contribution in [0.25, 0.3) is 0 Å². The van der Waals surface area contributed by atoms with Gasteiger partial charge in [0.1, 0.15) is 14.2 Å². The maximum Gasteiger partial charge on any atom is 0.341 e. The number of sulfonamides is 1. The van der Waals surface area contributed by atoms with Gasteiger partial charge in [0.05, 0.1) is 16.5 Å². The number of carbonyl (C=O) groups is 1. The largest absolute Gasteiger partial charge is 0.462 e. The van der Waals surface area contributed by atoms with Gasteiger partial charge in [-0.05, 0) is 44.2 Å². The van der Waals surface area contributed by atoms with Gasteiger partial charge in [0.15, 0.2) is 0 Å². The highest BCUT2D eigenvalue weighted by Gasteiger charge is 2.30. The first-order valence-corrected chi connectivity index (χ1v) is 11.5. The zero-order valence-corrected chi connectivity index (χ0v) is 17.2. The fourth-order valence-corrected chi connectivity index (χ4v) is 7.48. The third kappa shape index (κ3) is 3.83. The Hall–Kier alpha value is -0.800. The molecular weight excluding hydrogens is 425 g/mol. The number of ether oxygens (including phenoxy) is 1. The lowest BCUT2D eigenvalue weighted by atomic mass is 9.95. The molecule has 1 N–H and O–H groups in total. The van der Waals surface area contributed by atoms with Gasteiger partial charge in [-0.1, -0.05) is 23.2 Å². The smallest absolute Gasteiger partial charge is 0.341 e. The first kappa shape index (κ1) is 19.0. The van der Waals surface area contributed by atoms with Crippen molar-refractivity contribution < 1.29 is 17.9 Å². The summed E-state index contributed by atoms with van der Waals surface area (Å²) in [6.07, 6.45) is 3.56. The number of halogens is 2. The van der Waals surface area contributed by atoms with E-state index in [1.165, 1.54) is 17.4 Å². The number of esters is 1. The molecule has 136 valence electrons. The average Bonchev–Trinajstić information content (AvgIpc) is 3.06. The highest BCUT2D eigenvalue weighted by Crippen LogP contribution is 2.41. The number of fused-ring (bicyclic) bond motifs is 1. The van der Waals surface area contributed by atoms with Crippen LogP contribution in [0.4, 0.5) is 5.00 Å². The fraction of sp³-hybridized carbons (Fsp3) is 0.400. The molecule has 1 aliphatic rings. The summed E-state index contributed by atoms with van der Waals surface area (Å²) in [5.41, 5.74) is 1.21. The summed E-state index contributed by atoms with van der Waals surface area (Å²) in [6, 6.07) is 1.30. The molecule has 0 aliphatic heterocycles. The van der Waals surface area contributed by atoms with Gasteiger partial charge in [-0.25, -0.2) is 13.2 Å². The van der Waals surface area contributed by atoms with Gasteiger partial charge >= 0.3 is 5.97 Å². The van der Waals surface area contributed by atoms with E-state index in [4.69, 9.17) is 27.9 Å². The molecular formula is C15H15Cl2NO4S3. The number of rotatable bonds is 5. The zero-order chi connectivity index (χ0) is 18.2. The Kier molecular flexibility index (Phi) is 5.65. The van der Waals surface area contributed by atoms with Crippen LogP contribution in [-0.4, -0.2) is 21.0 Å². The van der Waals surface area contributed by atoms with Gasteiger partial charge in [-0.15, -0.1) is 22.7 Å². The molecule has 0 fully saturated rings. The topological polar surface area (TPSA) is 72.5 Å². The van der Waals surface area contributed by atoms with Crippen LogP contribution >= 0.6 is 45.9 Å². The van der Waals surface area contributed by atoms with Crippen LogP contribution in [0.3, 0.4) is 0 Å². The first-order chi connectivity index (χ1) is 11.8. The maximum absolute atomic E-state index is 12.7. The molecule has 2 aromatic heterocycles. The zero-order valence-electron chi connectivity index (χ0n) is 13.2. The molecule has 0 saturated carbocycles. The van der Waals surface area contributed by atoms with E-state index in [0.717, 1.165) is 47.5 Å². The Bertz CT molecular complexity index is 918. The van der Waals surface area contributed by atoms with Crippen molar-refractivity contribution in [2.45, 2.75) is 37.5 Å². The SMILES string of the molecule is CCOC(=O)c1c(NS(=O)(=O)c2cc(Cl)sc2Cl)sc2c1CCCC2. The molecule has 0 amide bonds. The van der Waals surface area contributed by atoms with Crippen LogP contribution in [0, 0.1) is 0 Å². The van der Waals surface area contributed by atoms with Crippen molar-refractivity contribution in [1.29, 1.82) is 0 Å². The monoisotopic (exact) mass is 439 g/mol. The Morgan fingerprint density at radius 1 is 1.28 bits per heavy atom. The van der Waals surface area contributed by atoms with Crippen LogP contribution in [-0.2, 0) is 27.6 Å². The second-order valence-electron chi connectivity index (χ2n) is 5.43. The number of carbonyl (C=O) groups excluding carboxylic acids is 1. The molecule has 0 unspecified atom stereocenters. The van der Waals surface area contributed by atoms with E-state index >= 15 is 0 Å². The summed E-state index contributed by atoms with van der Waals surface area (Å²) in [4.78, 5) is 13.3. The predicted molar refractivity (Wildman–Crippen MR) is 102 cm³/mol. The van der Waals surface area contributed by atoms with E-state index in [2.05, 4.69) is 4.72 Å². The minimum Gasteiger partial charge on any atom is -0.462 e. The van der Waals surface area contributed by atoms with Crippen LogP contribution < -0.4 is 4.72 Å². The van der Waals surface area contributed by atoms with Crippen molar-refractivity contribution in [3.63, 3.8) is 0 Å². The molecule has 3 rings (SSSR count). The maximum atomic E-state index is 12.7. The van der Waals surface area contributed by atoms with Gasteiger partial charge in [-0.3, -0.25) is 4.72 Å². The molecule has 0 saturated heterocycles. The molecule has 1 aliphatic carbocycles. The third-order valence-electron chi connectivity index (χ3n) is 3.79. The summed E-state index contributed by atoms with van der Waals surface area (Å²) >= 11 is 14.1. The highest BCUT2D eigenvalue weighted by molar-refractivity contribution is 7.93. The minimum atomic E-state index is -3.95. The summed E-state index contributed by atoms with van der Waals surface area (Å²) in [7, 11) is -3.95. The van der Waals surface area contributed by atoms with Crippen molar-refractivity contribution in [3.8, 4) is 0 Å². The van der Waals surface area contributed by atoms with E-state index in [1.807, 2.05) is 0 Å². The molecule has 0 spiro atoms. The summed E-state index contributed by atoms with van der Waals surface area (Å²) < 4.78 is 33.4. The highest BCUT2D eigenvalue weighted by atomic mass is 35.5. The summed E-state index contributed by atoms with van der Waals surface area (Å²) in [5.74, 6) is -0.506. The third-order valence-corrected chi connectivity index (χ3v) is 8.23. The Morgan fingerprint density at radius 2 is 2.00 bits per heavy atom. The van der Waals surface area contributed by atoms with Crippen LogP contribution in [0.15, 0.2) is 11.0 Å². The molecule has 0 bridgehead atoms. The van der Waals surface area contributed by atoms with E-state index in [1.54, 1.807) is 6.92 Å². The lowest BCUT2D eigenvalue weighted by Gasteiger charge is -2.12. The van der Waals surface area contributed by atoms with Crippen molar-refractivity contribution in [2.75, 3.05) is 11.3 Å². The fourth-order valence-electron chi connectivity index (χ4n) is 2.74. The summed E-state index contributed by atoms with van der Waals surface area (Å²) in [6.45, 7) is 1.94. The van der Waals surface area contributed by atoms with Gasteiger partial charge in [0.2, 0.25) is 0 Å². The molecule has 2 aromatic rings. The van der Waals surface area contributed by atoms with Gasteiger partial charge in [-0.2, -0.15) is 0 Å². The number of nitrogens with one attached hydrogen (secondary N) is 1. The van der Waals surface area contributed by atoms with Crippen molar-refractivity contribution in [1.82, 2.24) is 0 Å². The molecule has 0 aromatic carbocycles. The number of aryl methyl sites for hydroxylation is 1. The normalized spacial score (nSPS) is 14.2. The molecule has 5 nitrogen and oxygen atoms in total. The van der Waals surface area contributed by atoms with E-state index in [9.17, 15) is 13.2 Å². The van der Waals surface area contributed by atoms with Crippen molar-refractivity contribution in [2.24, 2.45) is 0 Å². The van der Waals surface area contributed by atoms with Crippen molar-refractivity contribution >= 4 is 66.9 Å². The Morgan fingerprint density at radius 3 is 2.64 bits per heavy atom. The van der Waals surface area contributed by atoms with Crippen LogP contribution in [0.1, 0.15) is 40.6 Å². The average molecular weight is 440 g/mol. The standard InChI is InChI=1S/C15H15Cl2NO4S3/c1-2-22-15(19)12-8-5-3-4-6-9(8)23-14(12)18-25(20,21)10-7-11(16)24-13(10)17/h7,18H,2-6H2,1H3. The lowest BCUT2D eigenvalue weighted by molar-refractivity contribution is 0.0526. The Balaban J connectivity index is 2.03. The van der Waals surface area contributed by atoms with Crippen LogP contribution in [0.2, 0.25) is 8.67 Å². The molecule has 10 heteroatoms. The number of thiophene rings is 2. The van der Waals surface area contributed by atoms with Gasteiger partial charge < -0.3 is 4.74 Å². The van der Waals surface area contributed by atoms with E-state index < -0.39 is 16.0 Å². The molecule has 0 radical (unpaired) electrons. The van der Waals surface area contributed by atoms with Crippen LogP contribution in [0.5, 0.6) is 0 Å². The second-order valence-corrected chi connectivity index (χ2v) is 10.5. The van der Waals surface area contributed by atoms with Crippen molar-refractivity contribution in [3.05, 3.63) is 30.7 Å². The van der Waals surface area contributed by atoms with Gasteiger partial charge in [0, 0.05) is 4.88 Å². The minimum absolute atomic E-state index is 0.0801. The predicted octanol–water partition coefficient (Wildman–Crippen LogP) is 4.97. The number of hydrogen-bond acceptors (Lipinski definition) is 6. The number of anilines is 1. The molecule has 0 atom stereocenters. The number of hydrogen-bond donors (Lipinski definition) is 1. The second kappa shape index (κ2) is 7.44. The molecule has 25 heavy (non-hydrogen) atoms.